The third-order valence-corrected chi connectivity index (χ3v) is 6.28. The van der Waals surface area contributed by atoms with E-state index in [0.717, 1.165) is 12.0 Å². The van der Waals surface area contributed by atoms with Gasteiger partial charge in [0.25, 0.3) is 0 Å². The van der Waals surface area contributed by atoms with Gasteiger partial charge < -0.3 is 9.47 Å². The van der Waals surface area contributed by atoms with E-state index in [-0.39, 0.29) is 23.4 Å². The van der Waals surface area contributed by atoms with Gasteiger partial charge in [0.2, 0.25) is 0 Å². The lowest BCUT2D eigenvalue weighted by Gasteiger charge is -2.08. The minimum atomic E-state index is -3.00. The molecule has 0 fully saturated rings. The standard InChI is InChI=1S/C19H28O6S/c1-15(2)26(22,23)11-6-4-5-9-17(20)12-16-8-7-10-18(13-16)25-14-19(21)24-3/h7-8,10,13,15H,4-6,9,11-12,14H2,1-3H3. The highest BCUT2D eigenvalue weighted by molar-refractivity contribution is 7.91. The highest BCUT2D eigenvalue weighted by Gasteiger charge is 2.15. The Kier molecular flexibility index (Phi) is 9.34. The normalized spacial score (nSPS) is 11.4. The molecule has 0 aromatic heterocycles. The number of hydrogen-bond donors (Lipinski definition) is 0. The van der Waals surface area contributed by atoms with Crippen LogP contribution in [0.2, 0.25) is 0 Å². The fourth-order valence-electron chi connectivity index (χ4n) is 2.30. The van der Waals surface area contributed by atoms with E-state index in [1.807, 2.05) is 6.07 Å². The fourth-order valence-corrected chi connectivity index (χ4v) is 3.38. The van der Waals surface area contributed by atoms with Gasteiger partial charge >= 0.3 is 5.97 Å². The van der Waals surface area contributed by atoms with Crippen molar-refractivity contribution >= 4 is 21.6 Å². The van der Waals surface area contributed by atoms with Crippen molar-refractivity contribution in [3.63, 3.8) is 0 Å². The highest BCUT2D eigenvalue weighted by atomic mass is 32.2. The summed E-state index contributed by atoms with van der Waals surface area (Å²) in [5.41, 5.74) is 0.819. The Hall–Kier alpha value is -1.89. The summed E-state index contributed by atoms with van der Waals surface area (Å²) in [6.45, 7) is 3.19. The predicted molar refractivity (Wildman–Crippen MR) is 100 cm³/mol. The van der Waals surface area contributed by atoms with Crippen molar-refractivity contribution in [2.45, 2.75) is 51.2 Å². The first-order valence-corrected chi connectivity index (χ1v) is 10.5. The maximum absolute atomic E-state index is 12.1. The number of ketones is 1. The summed E-state index contributed by atoms with van der Waals surface area (Å²) in [7, 11) is -1.71. The minimum Gasteiger partial charge on any atom is -0.482 e. The Morgan fingerprint density at radius 3 is 2.50 bits per heavy atom. The summed E-state index contributed by atoms with van der Waals surface area (Å²) in [5.74, 6) is 0.325. The Labute approximate surface area is 155 Å². The molecule has 0 saturated carbocycles. The van der Waals surface area contributed by atoms with E-state index in [4.69, 9.17) is 4.74 Å². The lowest BCUT2D eigenvalue weighted by molar-refractivity contribution is -0.142. The van der Waals surface area contributed by atoms with Crippen molar-refractivity contribution in [1.82, 2.24) is 0 Å². The number of benzene rings is 1. The van der Waals surface area contributed by atoms with E-state index in [9.17, 15) is 18.0 Å². The van der Waals surface area contributed by atoms with Crippen LogP contribution < -0.4 is 4.74 Å². The number of carbonyl (C=O) groups is 2. The van der Waals surface area contributed by atoms with Gasteiger partial charge in [-0.1, -0.05) is 18.6 Å². The van der Waals surface area contributed by atoms with Crippen LogP contribution in [0.1, 0.15) is 45.1 Å². The molecule has 0 N–H and O–H groups in total. The van der Waals surface area contributed by atoms with Gasteiger partial charge in [-0.3, -0.25) is 4.79 Å². The lowest BCUT2D eigenvalue weighted by atomic mass is 10.0. The van der Waals surface area contributed by atoms with Crippen molar-refractivity contribution in [1.29, 1.82) is 0 Å². The van der Waals surface area contributed by atoms with Gasteiger partial charge in [0.15, 0.2) is 16.4 Å². The lowest BCUT2D eigenvalue weighted by Crippen LogP contribution is -2.17. The molecule has 1 aromatic carbocycles. The van der Waals surface area contributed by atoms with Gasteiger partial charge in [0.1, 0.15) is 11.5 Å². The van der Waals surface area contributed by atoms with E-state index in [0.29, 0.717) is 31.4 Å². The summed E-state index contributed by atoms with van der Waals surface area (Å²) in [6.07, 6.45) is 2.71. The number of esters is 1. The quantitative estimate of drug-likeness (QED) is 0.407. The molecule has 0 aliphatic carbocycles. The van der Waals surface area contributed by atoms with Crippen LogP contribution in [0.15, 0.2) is 24.3 Å². The Balaban J connectivity index is 2.34. The van der Waals surface area contributed by atoms with Crippen molar-refractivity contribution in [2.75, 3.05) is 19.5 Å². The number of hydrogen-bond acceptors (Lipinski definition) is 6. The molecular weight excluding hydrogens is 356 g/mol. The maximum Gasteiger partial charge on any atom is 0.343 e. The monoisotopic (exact) mass is 384 g/mol. The third-order valence-electron chi connectivity index (χ3n) is 3.99. The van der Waals surface area contributed by atoms with Crippen LogP contribution in [0, 0.1) is 0 Å². The molecule has 0 saturated heterocycles. The smallest absolute Gasteiger partial charge is 0.343 e. The average molecular weight is 384 g/mol. The van der Waals surface area contributed by atoms with Crippen LogP contribution in [0.4, 0.5) is 0 Å². The summed E-state index contributed by atoms with van der Waals surface area (Å²) < 4.78 is 33.2. The van der Waals surface area contributed by atoms with E-state index in [1.165, 1.54) is 7.11 Å². The van der Waals surface area contributed by atoms with Gasteiger partial charge in [0, 0.05) is 12.8 Å². The second-order valence-electron chi connectivity index (χ2n) is 6.45. The molecule has 0 heterocycles. The second-order valence-corrected chi connectivity index (χ2v) is 9.13. The minimum absolute atomic E-state index is 0.0989. The Morgan fingerprint density at radius 2 is 1.85 bits per heavy atom. The number of methoxy groups -OCH3 is 1. The first kappa shape index (κ1) is 22.2. The van der Waals surface area contributed by atoms with E-state index in [2.05, 4.69) is 4.74 Å². The van der Waals surface area contributed by atoms with Gasteiger partial charge in [-0.15, -0.1) is 0 Å². The summed E-state index contributed by atoms with van der Waals surface area (Å²) in [6, 6.07) is 7.05. The fraction of sp³-hybridized carbons (Fsp3) is 0.579. The number of Topliss-reactive ketones (excluding diaryl/α,β-unsaturated/α-hetero) is 1. The van der Waals surface area contributed by atoms with Crippen LogP contribution >= 0.6 is 0 Å². The zero-order chi connectivity index (χ0) is 19.6. The van der Waals surface area contributed by atoms with Crippen molar-refractivity contribution in [2.24, 2.45) is 0 Å². The van der Waals surface area contributed by atoms with Gasteiger partial charge in [-0.25, -0.2) is 13.2 Å². The van der Waals surface area contributed by atoms with Gasteiger partial charge in [0.05, 0.1) is 18.1 Å². The molecule has 1 aromatic rings. The second kappa shape index (κ2) is 11.0. The van der Waals surface area contributed by atoms with Crippen molar-refractivity contribution in [3.05, 3.63) is 29.8 Å². The highest BCUT2D eigenvalue weighted by Crippen LogP contribution is 2.15. The maximum atomic E-state index is 12.1. The molecule has 0 amide bonds. The average Bonchev–Trinajstić information content (AvgIpc) is 2.59. The Morgan fingerprint density at radius 1 is 1.12 bits per heavy atom. The molecular formula is C19H28O6S. The number of unbranched alkanes of at least 4 members (excludes halogenated alkanes) is 2. The van der Waals surface area contributed by atoms with Crippen LogP contribution in [0.25, 0.3) is 0 Å². The summed E-state index contributed by atoms with van der Waals surface area (Å²) in [4.78, 5) is 23.2. The van der Waals surface area contributed by atoms with E-state index < -0.39 is 15.8 Å². The largest absolute Gasteiger partial charge is 0.482 e. The molecule has 26 heavy (non-hydrogen) atoms. The number of sulfone groups is 1. The molecule has 146 valence electrons. The first-order chi connectivity index (χ1) is 12.2. The molecule has 0 aliphatic rings. The van der Waals surface area contributed by atoms with Crippen LogP contribution in [0.5, 0.6) is 5.75 Å². The zero-order valence-electron chi connectivity index (χ0n) is 15.7. The molecule has 7 heteroatoms. The van der Waals surface area contributed by atoms with Gasteiger partial charge in [-0.05, 0) is 44.4 Å². The van der Waals surface area contributed by atoms with Crippen LogP contribution in [-0.4, -0.2) is 44.9 Å². The number of ether oxygens (including phenoxy) is 2. The topological polar surface area (TPSA) is 86.7 Å². The number of carbonyl (C=O) groups excluding carboxylic acids is 2. The molecule has 0 spiro atoms. The third kappa shape index (κ3) is 8.47. The van der Waals surface area contributed by atoms with Crippen molar-refractivity contribution < 1.29 is 27.5 Å². The molecule has 0 unspecified atom stereocenters. The number of rotatable bonds is 12. The van der Waals surface area contributed by atoms with E-state index in [1.54, 1.807) is 32.0 Å². The van der Waals surface area contributed by atoms with E-state index >= 15 is 0 Å². The van der Waals surface area contributed by atoms with Crippen LogP contribution in [-0.2, 0) is 30.6 Å². The first-order valence-electron chi connectivity index (χ1n) is 8.76. The summed E-state index contributed by atoms with van der Waals surface area (Å²) in [5, 5.41) is -0.349. The van der Waals surface area contributed by atoms with Crippen LogP contribution in [0.3, 0.4) is 0 Å². The zero-order valence-corrected chi connectivity index (χ0v) is 16.5. The SMILES string of the molecule is COC(=O)COc1cccc(CC(=O)CCCCCS(=O)(=O)C(C)C)c1. The Bertz CT molecular complexity index is 694. The molecule has 6 nitrogen and oxygen atoms in total. The molecule has 0 radical (unpaired) electrons. The summed E-state index contributed by atoms with van der Waals surface area (Å²) >= 11 is 0. The molecule has 0 atom stereocenters. The molecule has 0 bridgehead atoms. The molecule has 0 aliphatic heterocycles. The van der Waals surface area contributed by atoms with Crippen molar-refractivity contribution in [3.8, 4) is 5.75 Å². The predicted octanol–water partition coefficient (Wildman–Crippen LogP) is 2.73. The van der Waals surface area contributed by atoms with Gasteiger partial charge in [-0.2, -0.15) is 0 Å². The molecule has 1 rings (SSSR count).